The fraction of sp³-hybridized carbons (Fsp3) is 0.385. The molecule has 1 saturated heterocycles. The van der Waals surface area contributed by atoms with Crippen molar-refractivity contribution in [1.82, 2.24) is 24.9 Å². The van der Waals surface area contributed by atoms with Gasteiger partial charge >= 0.3 is 6.43 Å². The number of likely N-dealkylation sites (tertiary alicyclic amines) is 1. The predicted octanol–water partition coefficient (Wildman–Crippen LogP) is 3.13. The smallest absolute Gasteiger partial charge is 0.315 e. The number of imidazole rings is 1. The van der Waals surface area contributed by atoms with Crippen molar-refractivity contribution >= 4 is 23.2 Å². The molecule has 0 saturated carbocycles. The highest BCUT2D eigenvalue weighted by Gasteiger charge is 2.37. The fourth-order valence-corrected chi connectivity index (χ4v) is 4.80. The number of nitrogens with zero attached hydrogens (tertiary/aromatic N) is 3. The van der Waals surface area contributed by atoms with Crippen molar-refractivity contribution in [1.29, 1.82) is 0 Å². The molecule has 3 atom stereocenters. The molecule has 0 spiro atoms. The lowest BCUT2D eigenvalue weighted by Crippen LogP contribution is -2.58. The maximum atomic E-state index is 14.1. The van der Waals surface area contributed by atoms with Crippen LogP contribution in [0.3, 0.4) is 0 Å². The molecule has 3 heterocycles. The number of rotatable bonds is 7. The number of carbonyl (C=O) groups is 3. The van der Waals surface area contributed by atoms with E-state index >= 15 is 0 Å². The summed E-state index contributed by atoms with van der Waals surface area (Å²) in [5, 5.41) is 4.79. The monoisotopic (exact) mass is 533 g/mol. The third-order valence-corrected chi connectivity index (χ3v) is 6.67. The molecular formula is C26H27F4N5O3. The van der Waals surface area contributed by atoms with E-state index in [1.165, 1.54) is 4.90 Å². The van der Waals surface area contributed by atoms with Crippen LogP contribution in [0.15, 0.2) is 49.1 Å². The van der Waals surface area contributed by atoms with Crippen molar-refractivity contribution in [2.24, 2.45) is 5.92 Å². The molecule has 1 fully saturated rings. The summed E-state index contributed by atoms with van der Waals surface area (Å²) >= 11 is 0. The molecule has 1 aliphatic heterocycles. The third kappa shape index (κ3) is 5.79. The zero-order chi connectivity index (χ0) is 27.6. The Kier molecular flexibility index (Phi) is 7.98. The van der Waals surface area contributed by atoms with E-state index < -0.39 is 53.8 Å². The van der Waals surface area contributed by atoms with Gasteiger partial charge < -0.3 is 19.9 Å². The van der Waals surface area contributed by atoms with Gasteiger partial charge in [0.05, 0.1) is 29.6 Å². The van der Waals surface area contributed by atoms with E-state index in [9.17, 15) is 31.9 Å². The normalized spacial score (nSPS) is 18.6. The van der Waals surface area contributed by atoms with Gasteiger partial charge in [0.25, 0.3) is 11.8 Å². The van der Waals surface area contributed by atoms with Crippen molar-refractivity contribution in [3.05, 3.63) is 71.8 Å². The molecular weight excluding hydrogens is 506 g/mol. The van der Waals surface area contributed by atoms with Crippen molar-refractivity contribution in [2.45, 2.75) is 44.7 Å². The molecule has 0 unspecified atom stereocenters. The summed E-state index contributed by atoms with van der Waals surface area (Å²) in [6.45, 7) is 3.38. The van der Waals surface area contributed by atoms with Gasteiger partial charge in [0.15, 0.2) is 0 Å². The number of benzene rings is 1. The first kappa shape index (κ1) is 27.1. The van der Waals surface area contributed by atoms with E-state index in [1.807, 2.05) is 5.32 Å². The van der Waals surface area contributed by atoms with Crippen LogP contribution in [-0.2, 0) is 9.59 Å². The van der Waals surface area contributed by atoms with Gasteiger partial charge in [0.2, 0.25) is 5.91 Å². The summed E-state index contributed by atoms with van der Waals surface area (Å²) < 4.78 is 55.5. The summed E-state index contributed by atoms with van der Waals surface area (Å²) in [6, 6.07) is 4.30. The fourth-order valence-electron chi connectivity index (χ4n) is 4.80. The van der Waals surface area contributed by atoms with Crippen molar-refractivity contribution in [3.8, 4) is 0 Å². The molecule has 1 aromatic carbocycles. The second-order valence-electron chi connectivity index (χ2n) is 9.60. The SMILES string of the molecule is CC(C)[C@@H](NC(=O)C(F)F)C(=O)N[C@@H]1CN(C(=O)c2cccn3cncc23)CC[C@H]1c1cc(F)cc(F)c1. The Morgan fingerprint density at radius 2 is 1.79 bits per heavy atom. The van der Waals surface area contributed by atoms with Crippen LogP contribution in [0.25, 0.3) is 5.52 Å². The number of amides is 3. The molecule has 2 N–H and O–H groups in total. The highest BCUT2D eigenvalue weighted by molar-refractivity contribution is 6.00. The molecule has 8 nitrogen and oxygen atoms in total. The van der Waals surface area contributed by atoms with Gasteiger partial charge in [-0.15, -0.1) is 0 Å². The van der Waals surface area contributed by atoms with Crippen LogP contribution in [0.1, 0.15) is 42.1 Å². The van der Waals surface area contributed by atoms with Crippen LogP contribution >= 0.6 is 0 Å². The quantitative estimate of drug-likeness (QED) is 0.457. The number of alkyl halides is 2. The van der Waals surface area contributed by atoms with Gasteiger partial charge in [0, 0.05) is 31.3 Å². The third-order valence-electron chi connectivity index (χ3n) is 6.67. The molecule has 202 valence electrons. The van der Waals surface area contributed by atoms with Gasteiger partial charge in [0.1, 0.15) is 17.7 Å². The summed E-state index contributed by atoms with van der Waals surface area (Å²) in [5.74, 6) is -5.36. The van der Waals surface area contributed by atoms with Gasteiger partial charge in [-0.1, -0.05) is 13.8 Å². The average molecular weight is 534 g/mol. The molecule has 0 bridgehead atoms. The Morgan fingerprint density at radius 3 is 2.45 bits per heavy atom. The molecule has 2 aromatic heterocycles. The van der Waals surface area contributed by atoms with Gasteiger partial charge in [-0.25, -0.2) is 13.8 Å². The zero-order valence-electron chi connectivity index (χ0n) is 20.7. The number of aromatic nitrogens is 2. The molecule has 12 heteroatoms. The Hall–Kier alpha value is -3.96. The van der Waals surface area contributed by atoms with Crippen LogP contribution < -0.4 is 10.6 Å². The maximum absolute atomic E-state index is 14.1. The van der Waals surface area contributed by atoms with Crippen LogP contribution in [0.2, 0.25) is 0 Å². The van der Waals surface area contributed by atoms with Crippen LogP contribution in [-0.4, -0.2) is 63.6 Å². The second-order valence-corrected chi connectivity index (χ2v) is 9.60. The summed E-state index contributed by atoms with van der Waals surface area (Å²) in [7, 11) is 0. The Bertz CT molecular complexity index is 1330. The van der Waals surface area contributed by atoms with E-state index in [0.29, 0.717) is 11.1 Å². The second kappa shape index (κ2) is 11.2. The average Bonchev–Trinajstić information content (AvgIpc) is 3.34. The zero-order valence-corrected chi connectivity index (χ0v) is 20.7. The summed E-state index contributed by atoms with van der Waals surface area (Å²) in [4.78, 5) is 43.8. The van der Waals surface area contributed by atoms with E-state index in [1.54, 1.807) is 49.1 Å². The van der Waals surface area contributed by atoms with E-state index in [0.717, 1.165) is 18.2 Å². The van der Waals surface area contributed by atoms with Crippen LogP contribution in [0, 0.1) is 17.6 Å². The molecule has 3 amide bonds. The minimum atomic E-state index is -3.30. The molecule has 4 rings (SSSR count). The molecule has 1 aliphatic rings. The lowest BCUT2D eigenvalue weighted by molar-refractivity contribution is -0.137. The largest absolute Gasteiger partial charge is 0.349 e. The van der Waals surface area contributed by atoms with Gasteiger partial charge in [-0.05, 0) is 42.2 Å². The number of nitrogens with one attached hydrogen (secondary N) is 2. The van der Waals surface area contributed by atoms with E-state index in [-0.39, 0.29) is 31.0 Å². The highest BCUT2D eigenvalue weighted by atomic mass is 19.3. The van der Waals surface area contributed by atoms with Crippen molar-refractivity contribution in [3.63, 3.8) is 0 Å². The highest BCUT2D eigenvalue weighted by Crippen LogP contribution is 2.31. The van der Waals surface area contributed by atoms with Crippen LogP contribution in [0.5, 0.6) is 0 Å². The lowest BCUT2D eigenvalue weighted by atomic mass is 9.84. The number of fused-ring (bicyclic) bond motifs is 1. The Morgan fingerprint density at radius 1 is 1.08 bits per heavy atom. The van der Waals surface area contributed by atoms with Crippen LogP contribution in [0.4, 0.5) is 17.6 Å². The van der Waals surface area contributed by atoms with Gasteiger partial charge in [-0.3, -0.25) is 14.4 Å². The first-order valence-electron chi connectivity index (χ1n) is 12.1. The Balaban J connectivity index is 1.62. The molecule has 0 aliphatic carbocycles. The van der Waals surface area contributed by atoms with Crippen molar-refractivity contribution < 1.29 is 31.9 Å². The number of hydrogen-bond acceptors (Lipinski definition) is 4. The topological polar surface area (TPSA) is 95.8 Å². The minimum Gasteiger partial charge on any atom is -0.349 e. The standard InChI is InChI=1S/C26H27F4N5O3/c1-14(2)22(33-25(37)23(29)30)24(36)32-20-12-34(7-5-18(20)15-8-16(27)10-17(28)9-15)26(38)19-4-3-6-35-13-31-11-21(19)35/h3-4,6,8-11,13-14,18,20,22-23H,5,7,12H2,1-2H3,(H,32,36)(H,33,37)/t18-,20+,22+/m0/s1. The number of halogens is 4. The predicted molar refractivity (Wildman–Crippen MR) is 130 cm³/mol. The lowest BCUT2D eigenvalue weighted by Gasteiger charge is -2.40. The molecule has 0 radical (unpaired) electrons. The Labute approximate surface area is 216 Å². The summed E-state index contributed by atoms with van der Waals surface area (Å²) in [6.07, 6.45) is 1.80. The first-order chi connectivity index (χ1) is 18.0. The maximum Gasteiger partial charge on any atom is 0.315 e. The number of carbonyl (C=O) groups excluding carboxylic acids is 3. The minimum absolute atomic E-state index is 0.0177. The number of pyridine rings is 1. The molecule has 38 heavy (non-hydrogen) atoms. The first-order valence-corrected chi connectivity index (χ1v) is 12.1. The van der Waals surface area contributed by atoms with Gasteiger partial charge in [-0.2, -0.15) is 8.78 Å². The van der Waals surface area contributed by atoms with Crippen molar-refractivity contribution in [2.75, 3.05) is 13.1 Å². The molecule has 3 aromatic rings. The van der Waals surface area contributed by atoms with E-state index in [2.05, 4.69) is 10.3 Å². The summed E-state index contributed by atoms with van der Waals surface area (Å²) in [5.41, 5.74) is 1.26. The number of hydrogen-bond donors (Lipinski definition) is 2. The number of piperidine rings is 1. The van der Waals surface area contributed by atoms with E-state index in [4.69, 9.17) is 0 Å².